The minimum absolute atomic E-state index is 0.0480. The highest BCUT2D eigenvalue weighted by molar-refractivity contribution is 7.87. The van der Waals surface area contributed by atoms with Crippen LogP contribution in [-0.2, 0) is 37.5 Å². The van der Waals surface area contributed by atoms with E-state index in [1.165, 1.54) is 80.7 Å². The van der Waals surface area contributed by atoms with E-state index in [0.29, 0.717) is 17.9 Å². The molecule has 58 heavy (non-hydrogen) atoms. The average molecular weight is 831 g/mol. The molecular weight excluding hydrogens is 797 g/mol. The minimum Gasteiger partial charge on any atom is -0.469 e. The van der Waals surface area contributed by atoms with Crippen molar-refractivity contribution in [2.45, 2.75) is 38.9 Å². The summed E-state index contributed by atoms with van der Waals surface area (Å²) in [6.45, 7) is 4.21. The number of hydrogen-bond acceptors (Lipinski definition) is 18. The van der Waals surface area contributed by atoms with Gasteiger partial charge in [-0.3, -0.25) is 54.1 Å². The number of carbonyl (C=O) groups is 3. The van der Waals surface area contributed by atoms with E-state index in [9.17, 15) is 40.8 Å². The molecule has 306 valence electrons. The van der Waals surface area contributed by atoms with Crippen LogP contribution in [-0.4, -0.2) is 105 Å². The summed E-state index contributed by atoms with van der Waals surface area (Å²) in [5.74, 6) is -1.97. The van der Waals surface area contributed by atoms with Gasteiger partial charge in [-0.15, -0.1) is 0 Å². The molecule has 6 rings (SSSR count). The zero-order chi connectivity index (χ0) is 42.7. The molecule has 0 aromatic carbocycles. The maximum atomic E-state index is 12.3. The molecule has 0 fully saturated rings. The van der Waals surface area contributed by atoms with Gasteiger partial charge >= 0.3 is 27.6 Å². The number of ketones is 1. The van der Waals surface area contributed by atoms with Crippen LogP contribution >= 0.6 is 0 Å². The molecule has 0 saturated carbocycles. The zero-order valence-electron chi connectivity index (χ0n) is 30.8. The van der Waals surface area contributed by atoms with Crippen LogP contribution in [0, 0.1) is 0 Å². The van der Waals surface area contributed by atoms with E-state index >= 15 is 0 Å². The number of H-pyrrole nitrogens is 1. The maximum Gasteiger partial charge on any atom is 0.534 e. The normalized spacial score (nSPS) is 10.6. The second kappa shape index (κ2) is 21.7. The number of alkyl halides is 3. The first kappa shape index (κ1) is 45.1. The van der Waals surface area contributed by atoms with Gasteiger partial charge in [-0.05, 0) is 13.8 Å². The lowest BCUT2D eigenvalue weighted by molar-refractivity contribution is -0.139. The number of hydrogen-bond donors (Lipinski definition) is 1. The number of rotatable bonds is 10. The van der Waals surface area contributed by atoms with Gasteiger partial charge in [-0.1, -0.05) is 0 Å². The summed E-state index contributed by atoms with van der Waals surface area (Å²) in [5.41, 5.74) is -3.35. The van der Waals surface area contributed by atoms with E-state index in [-0.39, 0.29) is 47.1 Å². The number of carbonyl (C=O) groups excluding carboxylic acids is 3. The number of halogens is 3. The molecule has 0 amide bonds. The van der Waals surface area contributed by atoms with Crippen molar-refractivity contribution in [1.29, 1.82) is 0 Å². The van der Waals surface area contributed by atoms with Crippen molar-refractivity contribution in [3.05, 3.63) is 108 Å². The monoisotopic (exact) mass is 830 g/mol. The Hall–Kier alpha value is -7.31. The largest absolute Gasteiger partial charge is 0.534 e. The zero-order valence-corrected chi connectivity index (χ0v) is 31.7. The van der Waals surface area contributed by atoms with Crippen molar-refractivity contribution in [3.63, 3.8) is 0 Å². The molecule has 0 radical (unpaired) electrons. The number of nitrogens with zero attached hydrogens (tertiary/aromatic N) is 11. The lowest BCUT2D eigenvalue weighted by Gasteiger charge is -2.09. The Morgan fingerprint density at radius 3 is 1.72 bits per heavy atom. The van der Waals surface area contributed by atoms with Crippen LogP contribution in [0.1, 0.15) is 41.2 Å². The molecule has 0 atom stereocenters. The lowest BCUT2D eigenvalue weighted by Crippen LogP contribution is -2.28. The Morgan fingerprint density at radius 1 is 0.724 bits per heavy atom. The fraction of sp³-hybridized carbons (Fsp3) is 0.242. The van der Waals surface area contributed by atoms with Crippen LogP contribution in [0.25, 0.3) is 22.8 Å². The molecule has 6 heterocycles. The highest BCUT2D eigenvalue weighted by atomic mass is 32.2. The fourth-order valence-electron chi connectivity index (χ4n) is 3.89. The Kier molecular flexibility index (Phi) is 16.9. The van der Waals surface area contributed by atoms with Gasteiger partial charge < -0.3 is 13.7 Å². The quantitative estimate of drug-likeness (QED) is 0.0683. The van der Waals surface area contributed by atoms with E-state index in [2.05, 4.69) is 63.7 Å². The summed E-state index contributed by atoms with van der Waals surface area (Å²) in [6, 6.07) is 2.57. The van der Waals surface area contributed by atoms with E-state index in [4.69, 9.17) is 0 Å². The number of nitrogens with one attached hydrogen (secondary N) is 1. The molecule has 0 aliphatic carbocycles. The number of aryl methyl sites for hydroxylation is 2. The summed E-state index contributed by atoms with van der Waals surface area (Å²) in [5, 5.41) is 6.87. The molecule has 25 heteroatoms. The van der Waals surface area contributed by atoms with Gasteiger partial charge in [0, 0.05) is 74.8 Å². The van der Waals surface area contributed by atoms with E-state index in [0.717, 1.165) is 10.7 Å². The summed E-state index contributed by atoms with van der Waals surface area (Å²) >= 11 is 0. The van der Waals surface area contributed by atoms with Crippen LogP contribution in [0.15, 0.2) is 91.3 Å². The van der Waals surface area contributed by atoms with Gasteiger partial charge in [-0.25, -0.2) is 19.4 Å². The molecular formula is C33H33F3N12O9S. The van der Waals surface area contributed by atoms with Gasteiger partial charge in [0.25, 0.3) is 5.56 Å². The van der Waals surface area contributed by atoms with Crippen molar-refractivity contribution < 1.29 is 49.6 Å². The highest BCUT2D eigenvalue weighted by Crippen LogP contribution is 2.29. The van der Waals surface area contributed by atoms with Crippen LogP contribution in [0.5, 0.6) is 5.88 Å². The summed E-state index contributed by atoms with van der Waals surface area (Å²) < 4.78 is 74.3. The van der Waals surface area contributed by atoms with Crippen molar-refractivity contribution in [2.24, 2.45) is 0 Å². The molecule has 0 spiro atoms. The topological polar surface area (TPSA) is 272 Å². The third-order valence-electron chi connectivity index (χ3n) is 6.63. The standard InChI is InChI=1S/C10H9F3N4O3S.C9H10N4O.C8H8N2O3.C6H6N2O2/c1-2-17-9(20-21(18,19)10(11,12)13)5-7(16-17)8-6-14-3-4-15-8;1-2-13-9(14)5-7(12-13)8-6-10-3-4-11-8;1-13-8(12)4-7(11)6-5-9-2-3-10-6;1-10-6(9)5-4-7-2-3-8-5/h3-6H,2H2,1H3;3-6,12H,2H2,1H3;2-3,5H,4H2,1H3;2-4H,1H3. The van der Waals surface area contributed by atoms with Crippen LogP contribution in [0.4, 0.5) is 13.2 Å². The van der Waals surface area contributed by atoms with Gasteiger partial charge in [0.15, 0.2) is 11.5 Å². The van der Waals surface area contributed by atoms with Gasteiger partial charge in [-0.2, -0.15) is 26.7 Å². The SMILES string of the molecule is CCn1[nH]c(-c2cnccn2)cc1=O.CCn1nc(-c2cnccn2)cc1OS(=O)(=O)C(F)(F)F.COC(=O)CC(=O)c1cnccn1.COC(=O)c1cnccn1. The molecule has 0 aliphatic heterocycles. The summed E-state index contributed by atoms with van der Waals surface area (Å²) in [4.78, 5) is 74.5. The first-order valence-electron chi connectivity index (χ1n) is 16.3. The number of ether oxygens (including phenoxy) is 2. The molecule has 6 aromatic heterocycles. The molecule has 6 aromatic rings. The number of aromatic nitrogens is 12. The van der Waals surface area contributed by atoms with Crippen molar-refractivity contribution in [3.8, 4) is 28.7 Å². The average Bonchev–Trinajstić information content (AvgIpc) is 3.84. The Bertz CT molecular complexity index is 2380. The molecule has 0 aliphatic rings. The fourth-order valence-corrected chi connectivity index (χ4v) is 4.35. The van der Waals surface area contributed by atoms with E-state index in [1.807, 2.05) is 6.92 Å². The predicted molar refractivity (Wildman–Crippen MR) is 193 cm³/mol. The van der Waals surface area contributed by atoms with E-state index < -0.39 is 33.4 Å². The smallest absolute Gasteiger partial charge is 0.469 e. The first-order chi connectivity index (χ1) is 27.6. The van der Waals surface area contributed by atoms with Crippen LogP contribution in [0.3, 0.4) is 0 Å². The van der Waals surface area contributed by atoms with E-state index in [1.54, 1.807) is 25.5 Å². The Morgan fingerprint density at radius 2 is 1.28 bits per heavy atom. The summed E-state index contributed by atoms with van der Waals surface area (Å²) in [6.07, 6.45) is 17.1. The van der Waals surface area contributed by atoms with Crippen LogP contribution in [0.2, 0.25) is 0 Å². The molecule has 1 N–H and O–H groups in total. The Labute approximate surface area is 326 Å². The number of methoxy groups -OCH3 is 2. The molecule has 0 bridgehead atoms. The number of aromatic amines is 1. The number of esters is 2. The second-order valence-electron chi connectivity index (χ2n) is 10.4. The van der Waals surface area contributed by atoms with Crippen molar-refractivity contribution >= 4 is 27.8 Å². The lowest BCUT2D eigenvalue weighted by atomic mass is 10.2. The van der Waals surface area contributed by atoms with Gasteiger partial charge in [0.2, 0.25) is 5.88 Å². The second-order valence-corrected chi connectivity index (χ2v) is 12.0. The predicted octanol–water partition coefficient (Wildman–Crippen LogP) is 2.73. The molecule has 21 nitrogen and oxygen atoms in total. The third kappa shape index (κ3) is 13.5. The maximum absolute atomic E-state index is 12.3. The summed E-state index contributed by atoms with van der Waals surface area (Å²) in [7, 11) is -3.22. The van der Waals surface area contributed by atoms with Gasteiger partial charge in [0.05, 0.1) is 44.7 Å². The van der Waals surface area contributed by atoms with Crippen molar-refractivity contribution in [1.82, 2.24) is 59.4 Å². The van der Waals surface area contributed by atoms with Crippen LogP contribution < -0.4 is 9.74 Å². The minimum atomic E-state index is -5.75. The first-order valence-corrected chi connectivity index (χ1v) is 17.7. The number of Topliss-reactive ketones (excluding diaryl/α,β-unsaturated/α-hetero) is 1. The highest BCUT2D eigenvalue weighted by Gasteiger charge is 2.49. The molecule has 0 saturated heterocycles. The molecule has 0 unspecified atom stereocenters. The Balaban J connectivity index is 0.000000215. The van der Waals surface area contributed by atoms with Crippen molar-refractivity contribution in [2.75, 3.05) is 14.2 Å². The van der Waals surface area contributed by atoms with Gasteiger partial charge in [0.1, 0.15) is 29.2 Å². The third-order valence-corrected chi connectivity index (χ3v) is 7.59.